The maximum Gasteiger partial charge on any atom is 0.345 e. The highest BCUT2D eigenvalue weighted by Crippen LogP contribution is 2.51. The first-order valence-electron chi connectivity index (χ1n) is 8.62. The molecular weight excluding hydrogens is 356 g/mol. The van der Waals surface area contributed by atoms with Gasteiger partial charge in [-0.05, 0) is 42.8 Å². The van der Waals surface area contributed by atoms with Gasteiger partial charge >= 0.3 is 5.97 Å². The minimum absolute atomic E-state index is 0.132. The van der Waals surface area contributed by atoms with Gasteiger partial charge in [-0.3, -0.25) is 4.79 Å². The molecule has 25 heavy (non-hydrogen) atoms. The Morgan fingerprint density at radius 3 is 2.28 bits per heavy atom. The Hall–Kier alpha value is -1.17. The molecular formula is C19H27ClO4Si. The molecule has 0 aromatic heterocycles. The number of Topliss-reactive ketones (excluding diaryl/α,β-unsaturated/α-hetero) is 1. The molecule has 0 N–H and O–H groups in total. The number of benzene rings is 1. The Morgan fingerprint density at radius 1 is 1.28 bits per heavy atom. The number of esters is 1. The zero-order valence-corrected chi connectivity index (χ0v) is 17.6. The van der Waals surface area contributed by atoms with Crippen molar-refractivity contribution in [1.29, 1.82) is 0 Å². The fraction of sp³-hybridized carbons (Fsp3) is 0.579. The van der Waals surface area contributed by atoms with Crippen molar-refractivity contribution in [3.05, 3.63) is 34.9 Å². The van der Waals surface area contributed by atoms with Gasteiger partial charge in [0.05, 0.1) is 6.61 Å². The number of halogens is 1. The molecule has 0 unspecified atom stereocenters. The van der Waals surface area contributed by atoms with E-state index >= 15 is 0 Å². The van der Waals surface area contributed by atoms with Crippen molar-refractivity contribution < 1.29 is 18.8 Å². The molecule has 0 bridgehead atoms. The molecule has 4 nitrogen and oxygen atoms in total. The molecule has 0 amide bonds. The van der Waals surface area contributed by atoms with Crippen LogP contribution in [0, 0.1) is 0 Å². The zero-order chi connectivity index (χ0) is 19.0. The normalized spacial score (nSPS) is 24.0. The molecule has 2 rings (SSSR count). The van der Waals surface area contributed by atoms with E-state index in [0.29, 0.717) is 5.02 Å². The third-order valence-corrected chi connectivity index (χ3v) is 10.1. The van der Waals surface area contributed by atoms with Gasteiger partial charge in [-0.1, -0.05) is 44.5 Å². The third kappa shape index (κ3) is 3.55. The number of hydrogen-bond acceptors (Lipinski definition) is 4. The van der Waals surface area contributed by atoms with E-state index in [0.717, 1.165) is 5.56 Å². The number of hydrogen-bond donors (Lipinski definition) is 0. The van der Waals surface area contributed by atoms with Gasteiger partial charge in [0.15, 0.2) is 14.1 Å². The smallest absolute Gasteiger partial charge is 0.345 e. The predicted octanol–water partition coefficient (Wildman–Crippen LogP) is 4.72. The first-order valence-corrected chi connectivity index (χ1v) is 11.9. The summed E-state index contributed by atoms with van der Waals surface area (Å²) >= 11 is 5.97. The Morgan fingerprint density at radius 2 is 1.84 bits per heavy atom. The molecule has 1 aromatic rings. The highest BCUT2D eigenvalue weighted by atomic mass is 35.5. The van der Waals surface area contributed by atoms with Crippen LogP contribution in [0.5, 0.6) is 0 Å². The highest BCUT2D eigenvalue weighted by molar-refractivity contribution is 6.74. The first kappa shape index (κ1) is 20.1. The fourth-order valence-electron chi connectivity index (χ4n) is 2.81. The summed E-state index contributed by atoms with van der Waals surface area (Å²) in [4.78, 5) is 25.5. The summed E-state index contributed by atoms with van der Waals surface area (Å²) in [6, 6.07) is 7.23. The van der Waals surface area contributed by atoms with Crippen LogP contribution in [0.1, 0.15) is 45.6 Å². The largest absolute Gasteiger partial charge is 0.464 e. The van der Waals surface area contributed by atoms with Gasteiger partial charge < -0.3 is 9.16 Å². The summed E-state index contributed by atoms with van der Waals surface area (Å²) in [5, 5.41) is 0.480. The summed E-state index contributed by atoms with van der Waals surface area (Å²) in [6.07, 6.45) is 0.273. The fourth-order valence-corrected chi connectivity index (χ4v) is 4.39. The zero-order valence-electron chi connectivity index (χ0n) is 15.8. The number of ketones is 1. The lowest BCUT2D eigenvalue weighted by Crippen LogP contribution is -2.67. The lowest BCUT2D eigenvalue weighted by molar-refractivity contribution is -0.180. The number of ether oxygens (including phenoxy) is 1. The van der Waals surface area contributed by atoms with E-state index in [1.807, 2.05) is 25.2 Å². The van der Waals surface area contributed by atoms with Crippen molar-refractivity contribution in [2.75, 3.05) is 6.61 Å². The lowest BCUT2D eigenvalue weighted by atomic mass is 9.65. The minimum atomic E-state index is -2.38. The Bertz CT molecular complexity index is 663. The van der Waals surface area contributed by atoms with E-state index in [1.54, 1.807) is 19.1 Å². The van der Waals surface area contributed by atoms with Crippen LogP contribution in [0.2, 0.25) is 23.2 Å². The number of rotatable bonds is 5. The molecule has 0 saturated heterocycles. The molecule has 0 aliphatic heterocycles. The van der Waals surface area contributed by atoms with E-state index in [-0.39, 0.29) is 29.8 Å². The second-order valence-corrected chi connectivity index (χ2v) is 13.2. The topological polar surface area (TPSA) is 52.6 Å². The highest BCUT2D eigenvalue weighted by Gasteiger charge is 2.65. The molecule has 1 fully saturated rings. The Balaban J connectivity index is 2.48. The first-order chi connectivity index (χ1) is 11.5. The summed E-state index contributed by atoms with van der Waals surface area (Å²) in [5.41, 5.74) is -0.664. The molecule has 1 aromatic carbocycles. The molecule has 1 saturated carbocycles. The Labute approximate surface area is 156 Å². The predicted molar refractivity (Wildman–Crippen MR) is 101 cm³/mol. The Kier molecular flexibility index (Phi) is 5.52. The molecule has 0 heterocycles. The van der Waals surface area contributed by atoms with E-state index in [2.05, 4.69) is 20.8 Å². The second kappa shape index (κ2) is 6.86. The summed E-state index contributed by atoms with van der Waals surface area (Å²) in [7, 11) is -2.38. The van der Waals surface area contributed by atoms with Gasteiger partial charge in [0.2, 0.25) is 5.60 Å². The van der Waals surface area contributed by atoms with Gasteiger partial charge in [-0.25, -0.2) is 4.79 Å². The molecule has 6 heteroatoms. The summed E-state index contributed by atoms with van der Waals surface area (Å²) in [6.45, 7) is 12.3. The quantitative estimate of drug-likeness (QED) is 0.420. The van der Waals surface area contributed by atoms with Crippen molar-refractivity contribution in [2.24, 2.45) is 0 Å². The second-order valence-electron chi connectivity index (χ2n) is 8.05. The maximum atomic E-state index is 12.8. The van der Waals surface area contributed by atoms with Crippen molar-refractivity contribution >= 4 is 31.7 Å². The molecule has 138 valence electrons. The maximum absolute atomic E-state index is 12.8. The van der Waals surface area contributed by atoms with Gasteiger partial charge in [0.25, 0.3) is 0 Å². The van der Waals surface area contributed by atoms with E-state index < -0.39 is 19.9 Å². The summed E-state index contributed by atoms with van der Waals surface area (Å²) in [5.74, 6) is -1.11. The van der Waals surface area contributed by atoms with Crippen molar-refractivity contribution in [3.63, 3.8) is 0 Å². The average molecular weight is 383 g/mol. The SMILES string of the molecule is CCOC(=O)[C@@]1(O[Si](C)(C)C(C)(C)C)C(=O)C[C@H]1c1ccc(Cl)cc1. The van der Waals surface area contributed by atoms with Crippen LogP contribution in [0.4, 0.5) is 0 Å². The minimum Gasteiger partial charge on any atom is -0.464 e. The van der Waals surface area contributed by atoms with Gasteiger partial charge in [0.1, 0.15) is 0 Å². The van der Waals surface area contributed by atoms with Crippen molar-refractivity contribution in [1.82, 2.24) is 0 Å². The van der Waals surface area contributed by atoms with Crippen LogP contribution in [0.15, 0.2) is 24.3 Å². The molecule has 2 atom stereocenters. The molecule has 1 aliphatic carbocycles. The van der Waals surface area contributed by atoms with Crippen LogP contribution < -0.4 is 0 Å². The standard InChI is InChI=1S/C19H27ClO4Si/c1-7-23-17(22)19(24-25(5,6)18(2,3)4)15(12-16(19)21)13-8-10-14(20)11-9-13/h8-11,15H,7,12H2,1-6H3/t15-,19-/m0/s1. The van der Waals surface area contributed by atoms with E-state index in [4.69, 9.17) is 20.8 Å². The van der Waals surface area contributed by atoms with Crippen LogP contribution in [-0.2, 0) is 18.8 Å². The van der Waals surface area contributed by atoms with Gasteiger partial charge in [0, 0.05) is 17.4 Å². The monoisotopic (exact) mass is 382 g/mol. The van der Waals surface area contributed by atoms with Crippen LogP contribution in [0.25, 0.3) is 0 Å². The third-order valence-electron chi connectivity index (χ3n) is 5.37. The molecule has 1 aliphatic rings. The van der Waals surface area contributed by atoms with Crippen molar-refractivity contribution in [2.45, 2.75) is 63.8 Å². The van der Waals surface area contributed by atoms with Crippen LogP contribution in [0.3, 0.4) is 0 Å². The van der Waals surface area contributed by atoms with Gasteiger partial charge in [-0.2, -0.15) is 0 Å². The molecule has 0 spiro atoms. The van der Waals surface area contributed by atoms with Crippen LogP contribution in [-0.4, -0.2) is 32.3 Å². The molecule has 0 radical (unpaired) electrons. The van der Waals surface area contributed by atoms with Crippen molar-refractivity contribution in [3.8, 4) is 0 Å². The van der Waals surface area contributed by atoms with E-state index in [9.17, 15) is 9.59 Å². The van der Waals surface area contributed by atoms with Gasteiger partial charge in [-0.15, -0.1) is 0 Å². The summed E-state index contributed by atoms with van der Waals surface area (Å²) < 4.78 is 11.7. The lowest BCUT2D eigenvalue weighted by Gasteiger charge is -2.51. The van der Waals surface area contributed by atoms with Crippen LogP contribution >= 0.6 is 11.6 Å². The van der Waals surface area contributed by atoms with E-state index in [1.165, 1.54) is 0 Å². The average Bonchev–Trinajstić information content (AvgIpc) is 2.50. The number of carbonyl (C=O) groups is 2. The number of carbonyl (C=O) groups excluding carboxylic acids is 2.